The van der Waals surface area contributed by atoms with E-state index in [9.17, 15) is 9.59 Å². The third kappa shape index (κ3) is 4.18. The Bertz CT molecular complexity index is 789. The number of hydrogen-bond donors (Lipinski definition) is 0. The standard InChI is InChI=1S/C21H27N5O2/c27-20(17-18-5-7-19(8-6-18)26-12-4-9-22-26)23-13-15-25(16-14-23)21(28)24-10-2-1-3-11-24/h4-9,12H,1-3,10-11,13-17H2. The second-order valence-electron chi connectivity index (χ2n) is 7.49. The van der Waals surface area contributed by atoms with Gasteiger partial charge < -0.3 is 14.7 Å². The molecule has 4 rings (SSSR count). The van der Waals surface area contributed by atoms with Crippen LogP contribution in [0.1, 0.15) is 24.8 Å². The molecule has 0 saturated carbocycles. The van der Waals surface area contributed by atoms with E-state index in [4.69, 9.17) is 0 Å². The van der Waals surface area contributed by atoms with Crippen LogP contribution >= 0.6 is 0 Å². The summed E-state index contributed by atoms with van der Waals surface area (Å²) in [4.78, 5) is 31.0. The van der Waals surface area contributed by atoms with Crippen LogP contribution in [0.2, 0.25) is 0 Å². The van der Waals surface area contributed by atoms with Crippen molar-refractivity contribution in [3.05, 3.63) is 48.3 Å². The highest BCUT2D eigenvalue weighted by Crippen LogP contribution is 2.14. The first-order chi connectivity index (χ1) is 13.7. The van der Waals surface area contributed by atoms with Crippen LogP contribution in [-0.2, 0) is 11.2 Å². The van der Waals surface area contributed by atoms with Crippen molar-refractivity contribution in [1.29, 1.82) is 0 Å². The van der Waals surface area contributed by atoms with E-state index in [1.54, 1.807) is 10.9 Å². The number of piperazine rings is 1. The van der Waals surface area contributed by atoms with Crippen LogP contribution in [0.15, 0.2) is 42.7 Å². The van der Waals surface area contributed by atoms with Gasteiger partial charge in [-0.3, -0.25) is 4.79 Å². The Morgan fingerprint density at radius 2 is 1.46 bits per heavy atom. The van der Waals surface area contributed by atoms with Crippen LogP contribution in [0.4, 0.5) is 4.79 Å². The third-order valence-corrected chi connectivity index (χ3v) is 5.59. The molecule has 28 heavy (non-hydrogen) atoms. The van der Waals surface area contributed by atoms with Gasteiger partial charge in [0.2, 0.25) is 5.91 Å². The number of likely N-dealkylation sites (tertiary alicyclic amines) is 1. The molecule has 2 saturated heterocycles. The van der Waals surface area contributed by atoms with Crippen LogP contribution in [0.25, 0.3) is 5.69 Å². The number of hydrogen-bond acceptors (Lipinski definition) is 3. The van der Waals surface area contributed by atoms with Gasteiger partial charge in [0.15, 0.2) is 0 Å². The number of carbonyl (C=O) groups excluding carboxylic acids is 2. The quantitative estimate of drug-likeness (QED) is 0.819. The fourth-order valence-electron chi connectivity index (χ4n) is 3.91. The zero-order chi connectivity index (χ0) is 19.3. The van der Waals surface area contributed by atoms with Gasteiger partial charge in [0.1, 0.15) is 0 Å². The van der Waals surface area contributed by atoms with E-state index in [1.807, 2.05) is 51.2 Å². The van der Waals surface area contributed by atoms with E-state index in [0.717, 1.165) is 37.2 Å². The molecule has 2 fully saturated rings. The number of rotatable bonds is 3. The maximum atomic E-state index is 12.7. The highest BCUT2D eigenvalue weighted by atomic mass is 16.2. The van der Waals surface area contributed by atoms with Gasteiger partial charge in [-0.05, 0) is 43.0 Å². The zero-order valence-corrected chi connectivity index (χ0v) is 16.2. The van der Waals surface area contributed by atoms with Crippen molar-refractivity contribution in [2.75, 3.05) is 39.3 Å². The van der Waals surface area contributed by atoms with Crippen LogP contribution in [0, 0.1) is 0 Å². The fourth-order valence-corrected chi connectivity index (χ4v) is 3.91. The molecule has 0 bridgehead atoms. The summed E-state index contributed by atoms with van der Waals surface area (Å²) in [6, 6.07) is 9.93. The Balaban J connectivity index is 1.27. The highest BCUT2D eigenvalue weighted by molar-refractivity contribution is 5.79. The maximum absolute atomic E-state index is 12.7. The molecule has 148 valence electrons. The van der Waals surface area contributed by atoms with Crippen molar-refractivity contribution >= 4 is 11.9 Å². The lowest BCUT2D eigenvalue weighted by Gasteiger charge is -2.38. The summed E-state index contributed by atoms with van der Waals surface area (Å²) in [5.41, 5.74) is 1.97. The third-order valence-electron chi connectivity index (χ3n) is 5.59. The number of nitrogens with zero attached hydrogens (tertiary/aromatic N) is 5. The number of aromatic nitrogens is 2. The molecular formula is C21H27N5O2. The van der Waals surface area contributed by atoms with E-state index in [0.29, 0.717) is 32.6 Å². The smallest absolute Gasteiger partial charge is 0.320 e. The summed E-state index contributed by atoms with van der Waals surface area (Å²) in [5, 5.41) is 4.21. The average Bonchev–Trinajstić information content (AvgIpc) is 3.29. The molecule has 3 amide bonds. The number of benzene rings is 1. The minimum absolute atomic E-state index is 0.122. The Labute approximate surface area is 165 Å². The van der Waals surface area contributed by atoms with Crippen LogP contribution in [-0.4, -0.2) is 75.7 Å². The van der Waals surface area contributed by atoms with Gasteiger partial charge in [-0.15, -0.1) is 0 Å². The van der Waals surface area contributed by atoms with Gasteiger partial charge >= 0.3 is 6.03 Å². The summed E-state index contributed by atoms with van der Waals surface area (Å²) in [5.74, 6) is 0.122. The number of piperidine rings is 1. The molecular weight excluding hydrogens is 354 g/mol. The summed E-state index contributed by atoms with van der Waals surface area (Å²) < 4.78 is 1.80. The van der Waals surface area contributed by atoms with E-state index in [1.165, 1.54) is 6.42 Å². The Hall–Kier alpha value is -2.83. The number of amides is 3. The van der Waals surface area contributed by atoms with Gasteiger partial charge in [-0.25, -0.2) is 9.48 Å². The molecule has 1 aromatic heterocycles. The van der Waals surface area contributed by atoms with Crippen molar-refractivity contribution in [2.45, 2.75) is 25.7 Å². The van der Waals surface area contributed by atoms with Crippen molar-refractivity contribution in [3.8, 4) is 5.69 Å². The van der Waals surface area contributed by atoms with Crippen LogP contribution < -0.4 is 0 Å². The molecule has 2 aliphatic rings. The molecule has 7 nitrogen and oxygen atoms in total. The van der Waals surface area contributed by atoms with E-state index >= 15 is 0 Å². The van der Waals surface area contributed by atoms with Gasteiger partial charge in [0.25, 0.3) is 0 Å². The minimum Gasteiger partial charge on any atom is -0.339 e. The lowest BCUT2D eigenvalue weighted by Crippen LogP contribution is -2.54. The molecule has 3 heterocycles. The van der Waals surface area contributed by atoms with Crippen LogP contribution in [0.5, 0.6) is 0 Å². The van der Waals surface area contributed by atoms with Crippen molar-refractivity contribution in [3.63, 3.8) is 0 Å². The van der Waals surface area contributed by atoms with E-state index in [-0.39, 0.29) is 11.9 Å². The topological polar surface area (TPSA) is 61.7 Å². The molecule has 0 atom stereocenters. The first kappa shape index (κ1) is 18.5. The highest BCUT2D eigenvalue weighted by Gasteiger charge is 2.27. The molecule has 0 spiro atoms. The lowest BCUT2D eigenvalue weighted by molar-refractivity contribution is -0.131. The van der Waals surface area contributed by atoms with Gasteiger partial charge in [-0.2, -0.15) is 5.10 Å². The molecule has 0 unspecified atom stereocenters. The Morgan fingerprint density at radius 1 is 0.821 bits per heavy atom. The van der Waals surface area contributed by atoms with E-state index < -0.39 is 0 Å². The van der Waals surface area contributed by atoms with Gasteiger partial charge in [0.05, 0.1) is 12.1 Å². The van der Waals surface area contributed by atoms with Crippen molar-refractivity contribution in [1.82, 2.24) is 24.5 Å². The molecule has 2 aromatic rings. The van der Waals surface area contributed by atoms with Crippen molar-refractivity contribution in [2.24, 2.45) is 0 Å². The summed E-state index contributed by atoms with van der Waals surface area (Å²) >= 11 is 0. The first-order valence-corrected chi connectivity index (χ1v) is 10.1. The summed E-state index contributed by atoms with van der Waals surface area (Å²) in [6.07, 6.45) is 7.44. The van der Waals surface area contributed by atoms with Gasteiger partial charge in [-0.1, -0.05) is 12.1 Å². The van der Waals surface area contributed by atoms with E-state index in [2.05, 4.69) is 5.10 Å². The number of urea groups is 1. The second-order valence-corrected chi connectivity index (χ2v) is 7.49. The fraction of sp³-hybridized carbons (Fsp3) is 0.476. The molecule has 0 N–H and O–H groups in total. The second kappa shape index (κ2) is 8.46. The Kier molecular flexibility index (Phi) is 5.60. The molecule has 2 aliphatic heterocycles. The number of carbonyl (C=O) groups is 2. The monoisotopic (exact) mass is 381 g/mol. The zero-order valence-electron chi connectivity index (χ0n) is 16.2. The maximum Gasteiger partial charge on any atom is 0.320 e. The summed E-state index contributed by atoms with van der Waals surface area (Å²) in [7, 11) is 0. The first-order valence-electron chi connectivity index (χ1n) is 10.1. The average molecular weight is 381 g/mol. The predicted octanol–water partition coefficient (Wildman–Crippen LogP) is 2.16. The SMILES string of the molecule is O=C(Cc1ccc(-n2cccn2)cc1)N1CCN(C(=O)N2CCCCC2)CC1. The lowest BCUT2D eigenvalue weighted by atomic mass is 10.1. The van der Waals surface area contributed by atoms with Crippen LogP contribution in [0.3, 0.4) is 0 Å². The van der Waals surface area contributed by atoms with Gasteiger partial charge in [0, 0.05) is 51.7 Å². The molecule has 0 aliphatic carbocycles. The van der Waals surface area contributed by atoms with Crippen molar-refractivity contribution < 1.29 is 9.59 Å². The molecule has 1 aromatic carbocycles. The minimum atomic E-state index is 0.122. The normalized spacial score (nSPS) is 17.6. The molecule has 0 radical (unpaired) electrons. The largest absolute Gasteiger partial charge is 0.339 e. The molecule has 7 heteroatoms. The Morgan fingerprint density at radius 3 is 2.11 bits per heavy atom. The summed E-state index contributed by atoms with van der Waals surface area (Å²) in [6.45, 7) is 4.21. The predicted molar refractivity (Wildman–Crippen MR) is 106 cm³/mol.